The van der Waals surface area contributed by atoms with Crippen molar-refractivity contribution in [3.05, 3.63) is 35.4 Å². The largest absolute Gasteiger partial charge is 0.444 e. The zero-order chi connectivity index (χ0) is 26.4. The predicted molar refractivity (Wildman–Crippen MR) is 145 cm³/mol. The van der Waals surface area contributed by atoms with Crippen molar-refractivity contribution in [1.82, 2.24) is 15.5 Å². The second kappa shape index (κ2) is 15.7. The summed E-state index contributed by atoms with van der Waals surface area (Å²) in [6.45, 7) is 12.3. The highest BCUT2D eigenvalue weighted by Gasteiger charge is 2.35. The van der Waals surface area contributed by atoms with Gasteiger partial charge in [-0.05, 0) is 70.1 Å². The topological polar surface area (TPSA) is 87.7 Å². The lowest BCUT2D eigenvalue weighted by Gasteiger charge is -2.34. The van der Waals surface area contributed by atoms with Gasteiger partial charge in [-0.2, -0.15) is 11.8 Å². The van der Waals surface area contributed by atoms with Crippen LogP contribution >= 0.6 is 11.8 Å². The summed E-state index contributed by atoms with van der Waals surface area (Å²) in [5.41, 5.74) is 1.24. The molecule has 1 rings (SSSR count). The molecule has 3 amide bonds. The minimum Gasteiger partial charge on any atom is -0.444 e. The highest BCUT2D eigenvalue weighted by Crippen LogP contribution is 2.24. The Labute approximate surface area is 216 Å². The van der Waals surface area contributed by atoms with Crippen LogP contribution in [0.15, 0.2) is 24.3 Å². The molecule has 0 heterocycles. The van der Waals surface area contributed by atoms with Crippen molar-refractivity contribution in [3.8, 4) is 0 Å². The maximum absolute atomic E-state index is 13.8. The SMILES string of the molecule is CCCCCNC(=O)C(c1ccc(CC)cc1)N(CC)C(=O)C(CCSC)NC(=O)OC(C)(C)C. The molecular weight excluding hydrogens is 462 g/mol. The van der Waals surface area contributed by atoms with Gasteiger partial charge in [-0.1, -0.05) is 51.0 Å². The van der Waals surface area contributed by atoms with Crippen LogP contribution in [0.4, 0.5) is 4.79 Å². The van der Waals surface area contributed by atoms with Crippen LogP contribution in [0.2, 0.25) is 0 Å². The highest BCUT2D eigenvalue weighted by atomic mass is 32.2. The van der Waals surface area contributed by atoms with Gasteiger partial charge < -0.3 is 20.3 Å². The van der Waals surface area contributed by atoms with E-state index >= 15 is 0 Å². The molecule has 1 aromatic carbocycles. The van der Waals surface area contributed by atoms with Crippen molar-refractivity contribution in [2.45, 2.75) is 91.3 Å². The van der Waals surface area contributed by atoms with Crippen molar-refractivity contribution in [3.63, 3.8) is 0 Å². The van der Waals surface area contributed by atoms with E-state index in [1.165, 1.54) is 0 Å². The van der Waals surface area contributed by atoms with Crippen LogP contribution < -0.4 is 10.6 Å². The minimum absolute atomic E-state index is 0.207. The lowest BCUT2D eigenvalue weighted by atomic mass is 10.00. The number of carbonyl (C=O) groups excluding carboxylic acids is 3. The summed E-state index contributed by atoms with van der Waals surface area (Å²) >= 11 is 1.60. The number of nitrogens with one attached hydrogen (secondary N) is 2. The molecule has 7 nitrogen and oxygen atoms in total. The minimum atomic E-state index is -0.789. The Morgan fingerprint density at radius 1 is 1.06 bits per heavy atom. The molecule has 1 aromatic rings. The van der Waals surface area contributed by atoms with Crippen molar-refractivity contribution in [1.29, 1.82) is 0 Å². The molecule has 0 bridgehead atoms. The molecule has 0 aliphatic heterocycles. The fraction of sp³-hybridized carbons (Fsp3) is 0.667. The van der Waals surface area contributed by atoms with Gasteiger partial charge >= 0.3 is 6.09 Å². The van der Waals surface area contributed by atoms with Crippen molar-refractivity contribution >= 4 is 29.7 Å². The van der Waals surface area contributed by atoms with Gasteiger partial charge in [-0.3, -0.25) is 9.59 Å². The number of thioether (sulfide) groups is 1. The van der Waals surface area contributed by atoms with Crippen LogP contribution in [0.25, 0.3) is 0 Å². The standard InChI is InChI=1S/C27H45N3O4S/c1-8-11-12-18-28-24(31)23(21-15-13-20(9-2)14-16-21)30(10-3)25(32)22(17-19-35-7)29-26(33)34-27(4,5)6/h13-16,22-23H,8-12,17-19H2,1-7H3,(H,28,31)(H,29,33). The zero-order valence-corrected chi connectivity index (χ0v) is 23.4. The smallest absolute Gasteiger partial charge is 0.408 e. The van der Waals surface area contributed by atoms with Gasteiger partial charge in [0.05, 0.1) is 0 Å². The molecule has 2 unspecified atom stereocenters. The van der Waals surface area contributed by atoms with Crippen molar-refractivity contribution in [2.75, 3.05) is 25.1 Å². The molecule has 0 aliphatic carbocycles. The molecule has 0 aliphatic rings. The molecule has 0 radical (unpaired) electrons. The number of nitrogens with zero attached hydrogens (tertiary/aromatic N) is 1. The third kappa shape index (κ3) is 10.9. The van der Waals surface area contributed by atoms with Gasteiger partial charge in [-0.25, -0.2) is 4.79 Å². The Kier molecular flexibility index (Phi) is 13.8. The lowest BCUT2D eigenvalue weighted by molar-refractivity contribution is -0.142. The summed E-state index contributed by atoms with van der Waals surface area (Å²) in [6, 6.07) is 6.26. The van der Waals surface area contributed by atoms with E-state index in [0.29, 0.717) is 25.3 Å². The first-order chi connectivity index (χ1) is 16.6. The Balaban J connectivity index is 3.25. The van der Waals surface area contributed by atoms with Crippen LogP contribution in [0.3, 0.4) is 0 Å². The predicted octanol–water partition coefficient (Wildman–Crippen LogP) is 5.09. The number of aryl methyl sites for hydroxylation is 1. The Morgan fingerprint density at radius 3 is 2.23 bits per heavy atom. The van der Waals surface area contributed by atoms with Gasteiger partial charge in [0, 0.05) is 13.1 Å². The number of benzene rings is 1. The maximum Gasteiger partial charge on any atom is 0.408 e. The van der Waals surface area contributed by atoms with Crippen molar-refractivity contribution in [2.24, 2.45) is 0 Å². The maximum atomic E-state index is 13.8. The summed E-state index contributed by atoms with van der Waals surface area (Å²) in [5, 5.41) is 5.77. The average molecular weight is 508 g/mol. The highest BCUT2D eigenvalue weighted by molar-refractivity contribution is 7.98. The van der Waals surface area contributed by atoms with E-state index in [0.717, 1.165) is 36.8 Å². The number of rotatable bonds is 14. The fourth-order valence-electron chi connectivity index (χ4n) is 3.70. The van der Waals surface area contributed by atoms with E-state index in [1.807, 2.05) is 37.4 Å². The number of likely N-dealkylation sites (N-methyl/N-ethyl adjacent to an activating group) is 1. The van der Waals surface area contributed by atoms with Crippen LogP contribution in [-0.4, -0.2) is 59.5 Å². The van der Waals surface area contributed by atoms with Gasteiger partial charge in [-0.15, -0.1) is 0 Å². The van der Waals surface area contributed by atoms with Crippen molar-refractivity contribution < 1.29 is 19.1 Å². The number of carbonyl (C=O) groups is 3. The molecular formula is C27H45N3O4S. The summed E-state index contributed by atoms with van der Waals surface area (Å²) in [5.74, 6) is 0.185. The molecule has 0 spiro atoms. The second-order valence-corrected chi connectivity index (χ2v) is 10.6. The quantitative estimate of drug-likeness (QED) is 0.343. The Morgan fingerprint density at radius 2 is 1.71 bits per heavy atom. The summed E-state index contributed by atoms with van der Waals surface area (Å²) < 4.78 is 5.40. The molecule has 0 saturated heterocycles. The Bertz CT molecular complexity index is 793. The first-order valence-corrected chi connectivity index (χ1v) is 14.1. The molecule has 2 atom stereocenters. The first kappa shape index (κ1) is 30.8. The fourth-order valence-corrected chi connectivity index (χ4v) is 4.17. The summed E-state index contributed by atoms with van der Waals surface area (Å²) in [4.78, 5) is 41.2. The first-order valence-electron chi connectivity index (χ1n) is 12.7. The van der Waals surface area contributed by atoms with Gasteiger partial charge in [0.1, 0.15) is 17.7 Å². The van der Waals surface area contributed by atoms with E-state index in [1.54, 1.807) is 37.4 Å². The molecule has 0 aromatic heterocycles. The molecule has 198 valence electrons. The monoisotopic (exact) mass is 507 g/mol. The normalized spacial score (nSPS) is 13.0. The van der Waals surface area contributed by atoms with Crippen LogP contribution in [-0.2, 0) is 20.7 Å². The molecule has 0 saturated carbocycles. The Hall–Kier alpha value is -2.22. The van der Waals surface area contributed by atoms with Crippen LogP contribution in [0, 0.1) is 0 Å². The number of unbranched alkanes of at least 4 members (excludes halogenated alkanes) is 2. The van der Waals surface area contributed by atoms with Gasteiger partial charge in [0.15, 0.2) is 0 Å². The zero-order valence-electron chi connectivity index (χ0n) is 22.6. The number of hydrogen-bond donors (Lipinski definition) is 2. The van der Waals surface area contributed by atoms with E-state index in [2.05, 4.69) is 24.5 Å². The lowest BCUT2D eigenvalue weighted by Crippen LogP contribution is -2.53. The molecule has 0 fully saturated rings. The second-order valence-electron chi connectivity index (χ2n) is 9.60. The van der Waals surface area contributed by atoms with E-state index in [9.17, 15) is 14.4 Å². The average Bonchev–Trinajstić information content (AvgIpc) is 2.81. The third-order valence-electron chi connectivity index (χ3n) is 5.57. The number of amides is 3. The van der Waals surface area contributed by atoms with E-state index in [-0.39, 0.29) is 11.8 Å². The van der Waals surface area contributed by atoms with Gasteiger partial charge in [0.25, 0.3) is 0 Å². The van der Waals surface area contributed by atoms with E-state index in [4.69, 9.17) is 4.74 Å². The van der Waals surface area contributed by atoms with Crippen LogP contribution in [0.1, 0.15) is 84.4 Å². The molecule has 8 heteroatoms. The van der Waals surface area contributed by atoms with Crippen LogP contribution in [0.5, 0.6) is 0 Å². The third-order valence-corrected chi connectivity index (χ3v) is 6.21. The molecule has 2 N–H and O–H groups in total. The summed E-state index contributed by atoms with van der Waals surface area (Å²) in [6.07, 6.45) is 5.63. The molecule has 35 heavy (non-hydrogen) atoms. The van der Waals surface area contributed by atoms with E-state index < -0.39 is 23.8 Å². The van der Waals surface area contributed by atoms with Gasteiger partial charge in [0.2, 0.25) is 11.8 Å². The number of ether oxygens (including phenoxy) is 1. The summed E-state index contributed by atoms with van der Waals surface area (Å²) in [7, 11) is 0. The number of alkyl carbamates (subject to hydrolysis) is 1. The number of hydrogen-bond acceptors (Lipinski definition) is 5.